The zero-order valence-electron chi connectivity index (χ0n) is 10.3. The molecule has 1 aromatic heterocycles. The molecule has 96 valence electrons. The maximum Gasteiger partial charge on any atom is 0.103 e. The number of furan rings is 1. The number of nitrogens with one attached hydrogen (secondary N) is 1. The fourth-order valence-corrected chi connectivity index (χ4v) is 2.10. The second-order valence-electron chi connectivity index (χ2n) is 4.35. The Kier molecular flexibility index (Phi) is 4.42. The predicted octanol–water partition coefficient (Wildman–Crippen LogP) is 3.38. The lowest BCUT2D eigenvalue weighted by atomic mass is 10.0. The molecule has 1 atom stereocenters. The van der Waals surface area contributed by atoms with Crippen LogP contribution in [0.15, 0.2) is 41.0 Å². The Morgan fingerprint density at radius 1 is 1.39 bits per heavy atom. The van der Waals surface area contributed by atoms with Gasteiger partial charge < -0.3 is 4.42 Å². The quantitative estimate of drug-likeness (QED) is 0.643. The standard InChI is InChI=1S/C14H17ClN2O/c1-10-4-5-11(9-13(10)15)14(17-16)7-6-12-3-2-8-18-12/h2-5,8-9,14,17H,6-7,16H2,1H3. The zero-order chi connectivity index (χ0) is 13.0. The summed E-state index contributed by atoms with van der Waals surface area (Å²) in [4.78, 5) is 0. The van der Waals surface area contributed by atoms with Gasteiger partial charge in [-0.1, -0.05) is 23.7 Å². The molecule has 0 aliphatic heterocycles. The van der Waals surface area contributed by atoms with Crippen LogP contribution in [0.2, 0.25) is 5.02 Å². The second-order valence-corrected chi connectivity index (χ2v) is 4.75. The van der Waals surface area contributed by atoms with Crippen LogP contribution >= 0.6 is 11.6 Å². The zero-order valence-corrected chi connectivity index (χ0v) is 11.1. The smallest absolute Gasteiger partial charge is 0.103 e. The van der Waals surface area contributed by atoms with Crippen LogP contribution in [0.1, 0.15) is 29.3 Å². The van der Waals surface area contributed by atoms with E-state index in [0.717, 1.165) is 34.8 Å². The third-order valence-corrected chi connectivity index (χ3v) is 3.47. The Bertz CT molecular complexity index is 497. The van der Waals surface area contributed by atoms with E-state index in [1.165, 1.54) is 0 Å². The van der Waals surface area contributed by atoms with Crippen molar-refractivity contribution in [3.05, 3.63) is 58.5 Å². The molecule has 2 aromatic rings. The highest BCUT2D eigenvalue weighted by molar-refractivity contribution is 6.31. The topological polar surface area (TPSA) is 51.2 Å². The number of hydrogen-bond donors (Lipinski definition) is 2. The Balaban J connectivity index is 2.05. The molecule has 2 rings (SSSR count). The van der Waals surface area contributed by atoms with E-state index in [4.69, 9.17) is 21.9 Å². The van der Waals surface area contributed by atoms with Crippen molar-refractivity contribution in [2.75, 3.05) is 0 Å². The molecule has 0 bridgehead atoms. The second kappa shape index (κ2) is 6.05. The number of rotatable bonds is 5. The van der Waals surface area contributed by atoms with Crippen molar-refractivity contribution in [3.63, 3.8) is 0 Å². The van der Waals surface area contributed by atoms with Gasteiger partial charge in [-0.15, -0.1) is 0 Å². The van der Waals surface area contributed by atoms with Crippen LogP contribution in [-0.2, 0) is 6.42 Å². The van der Waals surface area contributed by atoms with E-state index in [-0.39, 0.29) is 6.04 Å². The molecule has 0 amide bonds. The van der Waals surface area contributed by atoms with E-state index >= 15 is 0 Å². The van der Waals surface area contributed by atoms with Gasteiger partial charge in [-0.05, 0) is 42.7 Å². The fraction of sp³-hybridized carbons (Fsp3) is 0.286. The van der Waals surface area contributed by atoms with Crippen molar-refractivity contribution < 1.29 is 4.42 Å². The molecule has 3 nitrogen and oxygen atoms in total. The van der Waals surface area contributed by atoms with Gasteiger partial charge in [-0.3, -0.25) is 11.3 Å². The van der Waals surface area contributed by atoms with E-state index in [1.54, 1.807) is 6.26 Å². The lowest BCUT2D eigenvalue weighted by Gasteiger charge is -2.16. The van der Waals surface area contributed by atoms with Gasteiger partial charge in [-0.2, -0.15) is 0 Å². The molecule has 4 heteroatoms. The molecule has 0 aliphatic carbocycles. The first kappa shape index (κ1) is 13.1. The summed E-state index contributed by atoms with van der Waals surface area (Å²) in [5.41, 5.74) is 5.00. The summed E-state index contributed by atoms with van der Waals surface area (Å²) in [6.07, 6.45) is 3.39. The molecular weight excluding hydrogens is 248 g/mol. The first-order valence-corrected chi connectivity index (χ1v) is 6.33. The maximum atomic E-state index is 6.13. The number of aryl methyl sites for hydroxylation is 2. The van der Waals surface area contributed by atoms with E-state index in [2.05, 4.69) is 5.43 Å². The third kappa shape index (κ3) is 3.13. The summed E-state index contributed by atoms with van der Waals surface area (Å²) in [5, 5.41) is 0.769. The van der Waals surface area contributed by atoms with Crippen molar-refractivity contribution in [1.29, 1.82) is 0 Å². The minimum absolute atomic E-state index is 0.0770. The molecule has 0 aliphatic rings. The van der Waals surface area contributed by atoms with Crippen LogP contribution in [0.4, 0.5) is 0 Å². The molecule has 1 unspecified atom stereocenters. The van der Waals surface area contributed by atoms with Gasteiger partial charge in [0.2, 0.25) is 0 Å². The Labute approximate surface area is 112 Å². The van der Waals surface area contributed by atoms with Gasteiger partial charge in [-0.25, -0.2) is 0 Å². The van der Waals surface area contributed by atoms with Crippen molar-refractivity contribution in [2.24, 2.45) is 5.84 Å². The van der Waals surface area contributed by atoms with E-state index in [1.807, 2.05) is 37.3 Å². The average Bonchev–Trinajstić information content (AvgIpc) is 2.87. The van der Waals surface area contributed by atoms with Gasteiger partial charge in [0.05, 0.1) is 6.26 Å². The maximum absolute atomic E-state index is 6.13. The number of hydrogen-bond acceptors (Lipinski definition) is 3. The summed E-state index contributed by atoms with van der Waals surface area (Å²) in [6.45, 7) is 1.99. The largest absolute Gasteiger partial charge is 0.469 e. The van der Waals surface area contributed by atoms with Gasteiger partial charge >= 0.3 is 0 Å². The van der Waals surface area contributed by atoms with Gasteiger partial charge in [0.1, 0.15) is 5.76 Å². The van der Waals surface area contributed by atoms with Crippen LogP contribution < -0.4 is 11.3 Å². The first-order chi connectivity index (χ1) is 8.70. The number of halogens is 1. The Hall–Kier alpha value is -1.29. The summed E-state index contributed by atoms with van der Waals surface area (Å²) in [6, 6.07) is 9.96. The number of nitrogens with two attached hydrogens (primary N) is 1. The van der Waals surface area contributed by atoms with Crippen molar-refractivity contribution >= 4 is 11.6 Å². The summed E-state index contributed by atoms with van der Waals surface area (Å²) in [5.74, 6) is 6.57. The predicted molar refractivity (Wildman–Crippen MR) is 73.3 cm³/mol. The van der Waals surface area contributed by atoms with Crippen LogP contribution in [0, 0.1) is 6.92 Å². The van der Waals surface area contributed by atoms with Gasteiger partial charge in [0.15, 0.2) is 0 Å². The molecule has 0 radical (unpaired) electrons. The molecule has 1 aromatic carbocycles. The van der Waals surface area contributed by atoms with E-state index in [9.17, 15) is 0 Å². The number of benzene rings is 1. The van der Waals surface area contributed by atoms with Crippen molar-refractivity contribution in [2.45, 2.75) is 25.8 Å². The van der Waals surface area contributed by atoms with E-state index < -0.39 is 0 Å². The fourth-order valence-electron chi connectivity index (χ4n) is 1.91. The molecule has 3 N–H and O–H groups in total. The molecule has 18 heavy (non-hydrogen) atoms. The molecule has 1 heterocycles. The highest BCUT2D eigenvalue weighted by Crippen LogP contribution is 2.24. The van der Waals surface area contributed by atoms with Crippen molar-refractivity contribution in [1.82, 2.24) is 5.43 Å². The third-order valence-electron chi connectivity index (χ3n) is 3.06. The van der Waals surface area contributed by atoms with Crippen molar-refractivity contribution in [3.8, 4) is 0 Å². The molecule has 0 saturated heterocycles. The minimum atomic E-state index is 0.0770. The van der Waals surface area contributed by atoms with Crippen LogP contribution in [0.5, 0.6) is 0 Å². The highest BCUT2D eigenvalue weighted by atomic mass is 35.5. The van der Waals surface area contributed by atoms with Gasteiger partial charge in [0.25, 0.3) is 0 Å². The lowest BCUT2D eigenvalue weighted by molar-refractivity contribution is 0.458. The number of hydrazine groups is 1. The Morgan fingerprint density at radius 3 is 2.83 bits per heavy atom. The SMILES string of the molecule is Cc1ccc(C(CCc2ccco2)NN)cc1Cl. The first-order valence-electron chi connectivity index (χ1n) is 5.95. The summed E-state index contributed by atoms with van der Waals surface area (Å²) in [7, 11) is 0. The molecule has 0 fully saturated rings. The Morgan fingerprint density at radius 2 is 2.22 bits per heavy atom. The molecule has 0 saturated carbocycles. The average molecular weight is 265 g/mol. The molecule has 0 spiro atoms. The van der Waals surface area contributed by atoms with Crippen LogP contribution in [-0.4, -0.2) is 0 Å². The normalized spacial score (nSPS) is 12.6. The van der Waals surface area contributed by atoms with E-state index in [0.29, 0.717) is 0 Å². The van der Waals surface area contributed by atoms with Gasteiger partial charge in [0, 0.05) is 17.5 Å². The highest BCUT2D eigenvalue weighted by Gasteiger charge is 2.11. The van der Waals surface area contributed by atoms with Crippen LogP contribution in [0.3, 0.4) is 0 Å². The van der Waals surface area contributed by atoms with Crippen LogP contribution in [0.25, 0.3) is 0 Å². The lowest BCUT2D eigenvalue weighted by Crippen LogP contribution is -2.28. The minimum Gasteiger partial charge on any atom is -0.469 e. The molecular formula is C14H17ClN2O. The summed E-state index contributed by atoms with van der Waals surface area (Å²) < 4.78 is 5.31. The monoisotopic (exact) mass is 264 g/mol. The summed E-state index contributed by atoms with van der Waals surface area (Å²) >= 11 is 6.13.